The fraction of sp³-hybridized carbons (Fsp3) is 0.385. The van der Waals surface area contributed by atoms with E-state index in [4.69, 9.17) is 23.2 Å². The van der Waals surface area contributed by atoms with E-state index in [1.807, 2.05) is 12.1 Å². The Bertz CT molecular complexity index is 505. The summed E-state index contributed by atoms with van der Waals surface area (Å²) in [4.78, 5) is 0. The molecule has 1 aromatic carbocycles. The van der Waals surface area contributed by atoms with Crippen molar-refractivity contribution in [1.82, 2.24) is 9.88 Å². The molecule has 0 amide bonds. The Morgan fingerprint density at radius 1 is 1.29 bits per heavy atom. The van der Waals surface area contributed by atoms with Gasteiger partial charge in [0.05, 0.1) is 10.5 Å². The SMILES string of the molecule is CCNCCCn1ccc2c(Cl)cc(Cl)cc21. The molecule has 0 spiro atoms. The lowest BCUT2D eigenvalue weighted by molar-refractivity contribution is 0.603. The molecule has 1 N–H and O–H groups in total. The van der Waals surface area contributed by atoms with E-state index in [2.05, 4.69) is 23.0 Å². The number of hydrogen-bond donors (Lipinski definition) is 1. The lowest BCUT2D eigenvalue weighted by atomic mass is 10.2. The van der Waals surface area contributed by atoms with Crippen molar-refractivity contribution in [2.75, 3.05) is 13.1 Å². The number of nitrogens with one attached hydrogen (secondary N) is 1. The van der Waals surface area contributed by atoms with Gasteiger partial charge in [0.2, 0.25) is 0 Å². The highest BCUT2D eigenvalue weighted by Crippen LogP contribution is 2.28. The third-order valence-electron chi connectivity index (χ3n) is 2.81. The molecule has 2 rings (SSSR count). The zero-order valence-electron chi connectivity index (χ0n) is 9.84. The maximum Gasteiger partial charge on any atom is 0.0514 e. The summed E-state index contributed by atoms with van der Waals surface area (Å²) in [5, 5.41) is 5.79. The molecule has 0 fully saturated rings. The average Bonchev–Trinajstić information content (AvgIpc) is 2.68. The molecule has 0 aliphatic rings. The lowest BCUT2D eigenvalue weighted by Crippen LogP contribution is -2.15. The number of benzene rings is 1. The van der Waals surface area contributed by atoms with Crippen LogP contribution in [-0.4, -0.2) is 17.7 Å². The molecule has 1 aromatic heterocycles. The maximum atomic E-state index is 6.15. The first-order valence-corrected chi connectivity index (χ1v) is 6.62. The summed E-state index contributed by atoms with van der Waals surface area (Å²) in [6, 6.07) is 5.80. The molecule has 92 valence electrons. The topological polar surface area (TPSA) is 17.0 Å². The van der Waals surface area contributed by atoms with Crippen molar-refractivity contribution in [2.24, 2.45) is 0 Å². The van der Waals surface area contributed by atoms with Crippen LogP contribution < -0.4 is 5.32 Å². The fourth-order valence-corrected chi connectivity index (χ4v) is 2.51. The van der Waals surface area contributed by atoms with E-state index in [1.165, 1.54) is 0 Å². The molecule has 0 radical (unpaired) electrons. The van der Waals surface area contributed by atoms with Crippen molar-refractivity contribution in [3.8, 4) is 0 Å². The van der Waals surface area contributed by atoms with Gasteiger partial charge in [-0.3, -0.25) is 0 Å². The molecular formula is C13H16Cl2N2. The zero-order chi connectivity index (χ0) is 12.3. The Balaban J connectivity index is 2.18. The third-order valence-corrected chi connectivity index (χ3v) is 3.34. The van der Waals surface area contributed by atoms with Gasteiger partial charge in [-0.1, -0.05) is 30.1 Å². The van der Waals surface area contributed by atoms with Crippen LogP contribution in [0.5, 0.6) is 0 Å². The van der Waals surface area contributed by atoms with E-state index < -0.39 is 0 Å². The molecule has 2 aromatic rings. The average molecular weight is 271 g/mol. The molecule has 17 heavy (non-hydrogen) atoms. The smallest absolute Gasteiger partial charge is 0.0514 e. The first-order chi connectivity index (χ1) is 8.22. The van der Waals surface area contributed by atoms with E-state index in [0.29, 0.717) is 5.02 Å². The number of hydrogen-bond acceptors (Lipinski definition) is 1. The van der Waals surface area contributed by atoms with Crippen LogP contribution in [0.4, 0.5) is 0 Å². The normalized spacial score (nSPS) is 11.2. The van der Waals surface area contributed by atoms with Crippen LogP contribution in [0.3, 0.4) is 0 Å². The summed E-state index contributed by atoms with van der Waals surface area (Å²) in [6.07, 6.45) is 3.17. The minimum atomic E-state index is 0.689. The van der Waals surface area contributed by atoms with Crippen molar-refractivity contribution in [1.29, 1.82) is 0 Å². The molecule has 0 saturated carbocycles. The number of halogens is 2. The zero-order valence-corrected chi connectivity index (χ0v) is 11.4. The predicted molar refractivity (Wildman–Crippen MR) is 75.1 cm³/mol. The van der Waals surface area contributed by atoms with Crippen LogP contribution >= 0.6 is 23.2 Å². The van der Waals surface area contributed by atoms with Crippen molar-refractivity contribution in [3.63, 3.8) is 0 Å². The second-order valence-electron chi connectivity index (χ2n) is 4.04. The Morgan fingerprint density at radius 3 is 2.88 bits per heavy atom. The largest absolute Gasteiger partial charge is 0.347 e. The Kier molecular flexibility index (Phi) is 4.32. The van der Waals surface area contributed by atoms with Gasteiger partial charge in [0, 0.05) is 23.2 Å². The summed E-state index contributed by atoms with van der Waals surface area (Å²) in [7, 11) is 0. The van der Waals surface area contributed by atoms with E-state index in [1.54, 1.807) is 6.07 Å². The van der Waals surface area contributed by atoms with Crippen molar-refractivity contribution < 1.29 is 0 Å². The molecule has 0 aliphatic carbocycles. The molecule has 2 nitrogen and oxygen atoms in total. The van der Waals surface area contributed by atoms with Crippen LogP contribution in [0.15, 0.2) is 24.4 Å². The van der Waals surface area contributed by atoms with Crippen LogP contribution in [-0.2, 0) is 6.54 Å². The molecule has 0 saturated heterocycles. The van der Waals surface area contributed by atoms with E-state index in [-0.39, 0.29) is 0 Å². The second kappa shape index (κ2) is 5.76. The van der Waals surface area contributed by atoms with Crippen LogP contribution in [0.2, 0.25) is 10.0 Å². The van der Waals surface area contributed by atoms with Crippen LogP contribution in [0.1, 0.15) is 13.3 Å². The number of aryl methyl sites for hydroxylation is 1. The highest BCUT2D eigenvalue weighted by Gasteiger charge is 2.05. The summed E-state index contributed by atoms with van der Waals surface area (Å²) < 4.78 is 2.20. The lowest BCUT2D eigenvalue weighted by Gasteiger charge is -2.06. The Morgan fingerprint density at radius 2 is 2.12 bits per heavy atom. The van der Waals surface area contributed by atoms with E-state index in [9.17, 15) is 0 Å². The quantitative estimate of drug-likeness (QED) is 0.815. The summed E-state index contributed by atoms with van der Waals surface area (Å²) in [5.74, 6) is 0. The van der Waals surface area contributed by atoms with Gasteiger partial charge in [-0.05, 0) is 37.7 Å². The summed E-state index contributed by atoms with van der Waals surface area (Å²) >= 11 is 12.2. The fourth-order valence-electron chi connectivity index (χ4n) is 1.96. The third kappa shape index (κ3) is 2.95. The molecule has 0 unspecified atom stereocenters. The second-order valence-corrected chi connectivity index (χ2v) is 4.88. The summed E-state index contributed by atoms with van der Waals surface area (Å²) in [5.41, 5.74) is 1.11. The molecular weight excluding hydrogens is 255 g/mol. The van der Waals surface area contributed by atoms with Gasteiger partial charge in [-0.15, -0.1) is 0 Å². The number of rotatable bonds is 5. The van der Waals surface area contributed by atoms with Crippen molar-refractivity contribution >= 4 is 34.1 Å². The van der Waals surface area contributed by atoms with Gasteiger partial charge in [0.1, 0.15) is 0 Å². The molecule has 0 atom stereocenters. The number of aromatic nitrogens is 1. The maximum absolute atomic E-state index is 6.15. The predicted octanol–water partition coefficient (Wildman–Crippen LogP) is 3.95. The monoisotopic (exact) mass is 270 g/mol. The van der Waals surface area contributed by atoms with Crippen LogP contribution in [0, 0.1) is 0 Å². The highest BCUT2D eigenvalue weighted by atomic mass is 35.5. The van der Waals surface area contributed by atoms with Crippen molar-refractivity contribution in [3.05, 3.63) is 34.4 Å². The van der Waals surface area contributed by atoms with Gasteiger partial charge in [0.25, 0.3) is 0 Å². The van der Waals surface area contributed by atoms with Crippen molar-refractivity contribution in [2.45, 2.75) is 19.9 Å². The van der Waals surface area contributed by atoms with Gasteiger partial charge in [-0.25, -0.2) is 0 Å². The van der Waals surface area contributed by atoms with E-state index >= 15 is 0 Å². The first-order valence-electron chi connectivity index (χ1n) is 5.87. The standard InChI is InChI=1S/C13H16Cl2N2/c1-2-16-5-3-6-17-7-4-11-12(15)8-10(14)9-13(11)17/h4,7-9,16H,2-3,5-6H2,1H3. The molecule has 1 heterocycles. The molecule has 0 aliphatic heterocycles. The van der Waals surface area contributed by atoms with Crippen LogP contribution in [0.25, 0.3) is 10.9 Å². The Labute approximate surface area is 112 Å². The summed E-state index contributed by atoms with van der Waals surface area (Å²) in [6.45, 7) is 5.15. The van der Waals surface area contributed by atoms with Gasteiger partial charge < -0.3 is 9.88 Å². The molecule has 0 bridgehead atoms. The van der Waals surface area contributed by atoms with Gasteiger partial charge in [-0.2, -0.15) is 0 Å². The Hall–Kier alpha value is -0.700. The minimum absolute atomic E-state index is 0.689. The van der Waals surface area contributed by atoms with E-state index in [0.717, 1.165) is 42.0 Å². The molecule has 4 heteroatoms. The minimum Gasteiger partial charge on any atom is -0.347 e. The highest BCUT2D eigenvalue weighted by molar-refractivity contribution is 6.38. The van der Waals surface area contributed by atoms with Gasteiger partial charge in [0.15, 0.2) is 0 Å². The first kappa shape index (κ1) is 12.7. The number of nitrogens with zero attached hydrogens (tertiary/aromatic N) is 1. The van der Waals surface area contributed by atoms with Gasteiger partial charge >= 0.3 is 0 Å². The number of fused-ring (bicyclic) bond motifs is 1.